The number of aryl methyl sites for hydroxylation is 1. The molecule has 7 heteroatoms. The maximum absolute atomic E-state index is 11.8. The summed E-state index contributed by atoms with van der Waals surface area (Å²) in [5.74, 6) is -0.734. The fourth-order valence-electron chi connectivity index (χ4n) is 1.82. The molecule has 0 aliphatic carbocycles. The SMILES string of the molecule is Cc1ccc(NC(=O)COC(=O)COc2ccc(C#N)cc2)cc1Cl. The lowest BCUT2D eigenvalue weighted by Crippen LogP contribution is -2.23. The highest BCUT2D eigenvalue weighted by atomic mass is 35.5. The van der Waals surface area contributed by atoms with Gasteiger partial charge in [0.2, 0.25) is 0 Å². The number of hydrogen-bond donors (Lipinski definition) is 1. The summed E-state index contributed by atoms with van der Waals surface area (Å²) in [5.41, 5.74) is 1.90. The zero-order chi connectivity index (χ0) is 18.2. The Kier molecular flexibility index (Phi) is 6.38. The monoisotopic (exact) mass is 358 g/mol. The highest BCUT2D eigenvalue weighted by Gasteiger charge is 2.09. The van der Waals surface area contributed by atoms with Crippen molar-refractivity contribution in [2.75, 3.05) is 18.5 Å². The Morgan fingerprint density at radius 3 is 2.52 bits per heavy atom. The topological polar surface area (TPSA) is 88.4 Å². The van der Waals surface area contributed by atoms with Crippen molar-refractivity contribution in [3.8, 4) is 11.8 Å². The van der Waals surface area contributed by atoms with Crippen molar-refractivity contribution in [3.05, 3.63) is 58.6 Å². The third-order valence-corrected chi connectivity index (χ3v) is 3.57. The second kappa shape index (κ2) is 8.71. The molecule has 0 saturated carbocycles. The molecule has 25 heavy (non-hydrogen) atoms. The Bertz CT molecular complexity index is 813. The standard InChI is InChI=1S/C18H15ClN2O4/c1-12-2-5-14(8-16(12)19)21-17(22)10-25-18(23)11-24-15-6-3-13(9-20)4-7-15/h2-8H,10-11H2,1H3,(H,21,22). The van der Waals surface area contributed by atoms with Gasteiger partial charge in [-0.2, -0.15) is 5.26 Å². The summed E-state index contributed by atoms with van der Waals surface area (Å²) in [6.45, 7) is 1.08. The molecule has 0 bridgehead atoms. The summed E-state index contributed by atoms with van der Waals surface area (Å²) < 4.78 is 10.0. The minimum absolute atomic E-state index is 0.338. The largest absolute Gasteiger partial charge is 0.482 e. The number of anilines is 1. The van der Waals surface area contributed by atoms with E-state index in [0.717, 1.165) is 5.56 Å². The molecule has 2 rings (SSSR count). The molecule has 1 amide bonds. The van der Waals surface area contributed by atoms with E-state index in [4.69, 9.17) is 26.3 Å². The number of ether oxygens (including phenoxy) is 2. The average Bonchev–Trinajstić information content (AvgIpc) is 2.61. The molecule has 6 nitrogen and oxygen atoms in total. The van der Waals surface area contributed by atoms with E-state index in [1.54, 1.807) is 42.5 Å². The smallest absolute Gasteiger partial charge is 0.344 e. The van der Waals surface area contributed by atoms with Crippen molar-refractivity contribution >= 4 is 29.2 Å². The lowest BCUT2D eigenvalue weighted by molar-refractivity contribution is -0.149. The summed E-state index contributed by atoms with van der Waals surface area (Å²) >= 11 is 5.97. The van der Waals surface area contributed by atoms with Gasteiger partial charge in [-0.15, -0.1) is 0 Å². The first-order chi connectivity index (χ1) is 12.0. The summed E-state index contributed by atoms with van der Waals surface area (Å²) in [7, 11) is 0. The number of carbonyl (C=O) groups excluding carboxylic acids is 2. The minimum Gasteiger partial charge on any atom is -0.482 e. The van der Waals surface area contributed by atoms with Crippen LogP contribution in [-0.2, 0) is 14.3 Å². The van der Waals surface area contributed by atoms with Crippen molar-refractivity contribution < 1.29 is 19.1 Å². The zero-order valence-electron chi connectivity index (χ0n) is 13.4. The van der Waals surface area contributed by atoms with E-state index in [1.807, 2.05) is 13.0 Å². The summed E-state index contributed by atoms with van der Waals surface area (Å²) in [6, 6.07) is 13.3. The molecule has 0 radical (unpaired) electrons. The zero-order valence-corrected chi connectivity index (χ0v) is 14.2. The molecule has 0 fully saturated rings. The van der Waals surface area contributed by atoms with E-state index in [-0.39, 0.29) is 6.61 Å². The van der Waals surface area contributed by atoms with Gasteiger partial charge in [-0.1, -0.05) is 17.7 Å². The van der Waals surface area contributed by atoms with E-state index >= 15 is 0 Å². The molecule has 0 unspecified atom stereocenters. The van der Waals surface area contributed by atoms with Crippen molar-refractivity contribution in [3.63, 3.8) is 0 Å². The van der Waals surface area contributed by atoms with Crippen LogP contribution in [0.3, 0.4) is 0 Å². The molecule has 0 atom stereocenters. The summed E-state index contributed by atoms with van der Waals surface area (Å²) in [6.07, 6.45) is 0. The normalized spacial score (nSPS) is 9.80. The predicted molar refractivity (Wildman–Crippen MR) is 92.4 cm³/mol. The maximum Gasteiger partial charge on any atom is 0.344 e. The highest BCUT2D eigenvalue weighted by Crippen LogP contribution is 2.19. The molecule has 0 spiro atoms. The van der Waals surface area contributed by atoms with Gasteiger partial charge in [0.15, 0.2) is 13.2 Å². The lowest BCUT2D eigenvalue weighted by atomic mass is 10.2. The molecule has 2 aromatic carbocycles. The first-order valence-electron chi connectivity index (χ1n) is 7.32. The third-order valence-electron chi connectivity index (χ3n) is 3.16. The van der Waals surface area contributed by atoms with Gasteiger partial charge in [-0.25, -0.2) is 4.79 Å². The van der Waals surface area contributed by atoms with Gasteiger partial charge in [0.25, 0.3) is 5.91 Å². The van der Waals surface area contributed by atoms with Gasteiger partial charge in [0, 0.05) is 10.7 Å². The van der Waals surface area contributed by atoms with Crippen LogP contribution < -0.4 is 10.1 Å². The Morgan fingerprint density at radius 1 is 1.16 bits per heavy atom. The molecule has 0 aliphatic rings. The van der Waals surface area contributed by atoms with Gasteiger partial charge in [0.1, 0.15) is 5.75 Å². The molecule has 2 aromatic rings. The molecule has 0 heterocycles. The van der Waals surface area contributed by atoms with Crippen LogP contribution in [0.2, 0.25) is 5.02 Å². The number of carbonyl (C=O) groups is 2. The maximum atomic E-state index is 11.8. The van der Waals surface area contributed by atoms with Crippen molar-refractivity contribution in [2.24, 2.45) is 0 Å². The number of esters is 1. The molecular formula is C18H15ClN2O4. The van der Waals surface area contributed by atoms with E-state index < -0.39 is 18.5 Å². The predicted octanol–water partition coefficient (Wildman–Crippen LogP) is 3.08. The van der Waals surface area contributed by atoms with E-state index in [9.17, 15) is 9.59 Å². The fraction of sp³-hybridized carbons (Fsp3) is 0.167. The second-order valence-electron chi connectivity index (χ2n) is 5.10. The Labute approximate surface area is 149 Å². The van der Waals surface area contributed by atoms with Crippen molar-refractivity contribution in [1.82, 2.24) is 0 Å². The van der Waals surface area contributed by atoms with Gasteiger partial charge in [-0.05, 0) is 48.9 Å². The quantitative estimate of drug-likeness (QED) is 0.801. The van der Waals surface area contributed by atoms with Crippen molar-refractivity contribution in [2.45, 2.75) is 6.92 Å². The number of rotatable bonds is 6. The van der Waals surface area contributed by atoms with E-state index in [0.29, 0.717) is 22.0 Å². The number of hydrogen-bond acceptors (Lipinski definition) is 5. The molecule has 0 saturated heterocycles. The number of halogens is 1. The minimum atomic E-state index is -0.679. The number of benzene rings is 2. The van der Waals surface area contributed by atoms with Crippen LogP contribution in [0, 0.1) is 18.3 Å². The first-order valence-corrected chi connectivity index (χ1v) is 7.70. The third kappa shape index (κ3) is 5.83. The van der Waals surface area contributed by atoms with Gasteiger partial charge in [-0.3, -0.25) is 4.79 Å². The lowest BCUT2D eigenvalue weighted by Gasteiger charge is -2.08. The van der Waals surface area contributed by atoms with Crippen LogP contribution in [-0.4, -0.2) is 25.1 Å². The summed E-state index contributed by atoms with van der Waals surface area (Å²) in [4.78, 5) is 23.3. The molecule has 0 aromatic heterocycles. The number of nitriles is 1. The van der Waals surface area contributed by atoms with Crippen LogP contribution in [0.1, 0.15) is 11.1 Å². The average molecular weight is 359 g/mol. The van der Waals surface area contributed by atoms with E-state index in [1.165, 1.54) is 0 Å². The van der Waals surface area contributed by atoms with E-state index in [2.05, 4.69) is 5.32 Å². The second-order valence-corrected chi connectivity index (χ2v) is 5.50. The van der Waals surface area contributed by atoms with Crippen LogP contribution in [0.4, 0.5) is 5.69 Å². The Balaban J connectivity index is 1.74. The number of amides is 1. The van der Waals surface area contributed by atoms with Gasteiger partial charge in [0.05, 0.1) is 11.6 Å². The molecule has 0 aliphatic heterocycles. The summed E-state index contributed by atoms with van der Waals surface area (Å²) in [5, 5.41) is 11.8. The number of nitrogens with zero attached hydrogens (tertiary/aromatic N) is 1. The van der Waals surface area contributed by atoms with Crippen LogP contribution in [0.5, 0.6) is 5.75 Å². The molecule has 1 N–H and O–H groups in total. The highest BCUT2D eigenvalue weighted by molar-refractivity contribution is 6.31. The van der Waals surface area contributed by atoms with Crippen LogP contribution >= 0.6 is 11.6 Å². The van der Waals surface area contributed by atoms with Crippen LogP contribution in [0.25, 0.3) is 0 Å². The fourth-order valence-corrected chi connectivity index (χ4v) is 2.00. The first kappa shape index (κ1) is 18.3. The van der Waals surface area contributed by atoms with Gasteiger partial charge >= 0.3 is 5.97 Å². The van der Waals surface area contributed by atoms with Crippen LogP contribution in [0.15, 0.2) is 42.5 Å². The van der Waals surface area contributed by atoms with Gasteiger partial charge < -0.3 is 14.8 Å². The number of nitrogens with one attached hydrogen (secondary N) is 1. The van der Waals surface area contributed by atoms with Crippen molar-refractivity contribution in [1.29, 1.82) is 5.26 Å². The molecule has 128 valence electrons. The Morgan fingerprint density at radius 2 is 1.88 bits per heavy atom. The Hall–Kier alpha value is -3.04. The molecular weight excluding hydrogens is 344 g/mol.